The predicted molar refractivity (Wildman–Crippen MR) is 141 cm³/mol. The number of benzene rings is 1. The number of carbonyl (C=O) groups excluding carboxylic acids is 2. The number of thioether (sulfide) groups is 1. The van der Waals surface area contributed by atoms with Crippen LogP contribution >= 0.6 is 46.9 Å². The lowest BCUT2D eigenvalue weighted by molar-refractivity contribution is -0.122. The summed E-state index contributed by atoms with van der Waals surface area (Å²) in [6, 6.07) is 7.82. The number of halogens is 1. The minimum absolute atomic E-state index is 0.131. The van der Waals surface area contributed by atoms with Crippen molar-refractivity contribution in [3.05, 3.63) is 39.7 Å². The number of alkyl halides is 1. The first-order valence-electron chi connectivity index (χ1n) is 11.2. The highest BCUT2D eigenvalue weighted by Crippen LogP contribution is 2.33. The maximum absolute atomic E-state index is 12.8. The summed E-state index contributed by atoms with van der Waals surface area (Å²) in [5.74, 6) is 0.804. The quantitative estimate of drug-likeness (QED) is 0.253. The molecule has 1 aliphatic heterocycles. The molecule has 2 aliphatic rings. The van der Waals surface area contributed by atoms with Crippen molar-refractivity contribution in [1.82, 2.24) is 15.1 Å². The summed E-state index contributed by atoms with van der Waals surface area (Å²) in [6.45, 7) is 0.382. The summed E-state index contributed by atoms with van der Waals surface area (Å²) in [4.78, 5) is 27.1. The second kappa shape index (κ2) is 12.1. The Morgan fingerprint density at radius 2 is 2.00 bits per heavy atom. The van der Waals surface area contributed by atoms with Crippen molar-refractivity contribution in [2.75, 3.05) is 11.9 Å². The van der Waals surface area contributed by atoms with Crippen molar-refractivity contribution >= 4 is 74.3 Å². The number of ether oxygens (including phenoxy) is 1. The van der Waals surface area contributed by atoms with Gasteiger partial charge < -0.3 is 10.1 Å². The number of anilines is 1. The van der Waals surface area contributed by atoms with E-state index in [1.807, 2.05) is 30.3 Å². The molecule has 1 saturated heterocycles. The van der Waals surface area contributed by atoms with Crippen LogP contribution in [0.5, 0.6) is 5.75 Å². The summed E-state index contributed by atoms with van der Waals surface area (Å²) in [5.41, 5.74) is 0.921. The van der Waals surface area contributed by atoms with E-state index < -0.39 is 0 Å². The Labute approximate surface area is 217 Å². The SMILES string of the molecule is O=C(CCCN1C(=O)/C(=C/c2ccc(OC3CCCCC3)cc2)SC1=S)Nc1nnc(CCl)s1. The molecule has 1 N–H and O–H groups in total. The smallest absolute Gasteiger partial charge is 0.266 e. The van der Waals surface area contributed by atoms with Crippen LogP contribution in [0.1, 0.15) is 55.5 Å². The van der Waals surface area contributed by atoms with Gasteiger partial charge in [0.25, 0.3) is 5.91 Å². The van der Waals surface area contributed by atoms with E-state index in [0.29, 0.717) is 38.4 Å². The van der Waals surface area contributed by atoms with Crippen molar-refractivity contribution in [2.45, 2.75) is 56.9 Å². The van der Waals surface area contributed by atoms with Crippen LogP contribution in [0.3, 0.4) is 0 Å². The fourth-order valence-electron chi connectivity index (χ4n) is 3.80. The number of hydrogen-bond donors (Lipinski definition) is 1. The molecule has 0 unspecified atom stereocenters. The molecule has 2 amide bonds. The first kappa shape index (κ1) is 25.1. The lowest BCUT2D eigenvalue weighted by atomic mass is 9.98. The summed E-state index contributed by atoms with van der Waals surface area (Å²) < 4.78 is 6.58. The fourth-order valence-corrected chi connectivity index (χ4v) is 5.93. The molecule has 2 fully saturated rings. The summed E-state index contributed by atoms with van der Waals surface area (Å²) in [5, 5.41) is 11.5. The number of nitrogens with zero attached hydrogens (tertiary/aromatic N) is 3. The van der Waals surface area contributed by atoms with Crippen LogP contribution in [0.15, 0.2) is 29.2 Å². The minimum atomic E-state index is -0.186. The molecule has 1 saturated carbocycles. The zero-order valence-corrected chi connectivity index (χ0v) is 21.7. The third-order valence-corrected chi connectivity index (χ3v) is 8.15. The first-order valence-corrected chi connectivity index (χ1v) is 13.8. The molecule has 1 aromatic heterocycles. The number of rotatable bonds is 9. The van der Waals surface area contributed by atoms with Gasteiger partial charge in [0.05, 0.1) is 16.9 Å². The van der Waals surface area contributed by atoms with Gasteiger partial charge in [0.15, 0.2) is 0 Å². The molecule has 0 spiro atoms. The summed E-state index contributed by atoms with van der Waals surface area (Å²) in [6.07, 6.45) is 8.87. The zero-order chi connectivity index (χ0) is 23.9. The highest BCUT2D eigenvalue weighted by Gasteiger charge is 2.31. The highest BCUT2D eigenvalue weighted by atomic mass is 35.5. The zero-order valence-electron chi connectivity index (χ0n) is 18.5. The van der Waals surface area contributed by atoms with Gasteiger partial charge in [-0.25, -0.2) is 0 Å². The molecule has 1 aromatic carbocycles. The monoisotopic (exact) mass is 536 g/mol. The number of carbonyl (C=O) groups is 2. The van der Waals surface area contributed by atoms with Crippen LogP contribution in [-0.2, 0) is 15.5 Å². The van der Waals surface area contributed by atoms with Crippen molar-refractivity contribution in [3.63, 3.8) is 0 Å². The Hall–Kier alpha value is -2.01. The van der Waals surface area contributed by atoms with Gasteiger partial charge in [-0.15, -0.1) is 21.8 Å². The maximum Gasteiger partial charge on any atom is 0.266 e. The predicted octanol–water partition coefficient (Wildman–Crippen LogP) is 5.61. The van der Waals surface area contributed by atoms with Gasteiger partial charge in [-0.1, -0.05) is 53.9 Å². The van der Waals surface area contributed by atoms with Gasteiger partial charge >= 0.3 is 0 Å². The molecule has 11 heteroatoms. The topological polar surface area (TPSA) is 84.4 Å². The lowest BCUT2D eigenvalue weighted by Gasteiger charge is -2.22. The van der Waals surface area contributed by atoms with E-state index in [1.165, 1.54) is 42.4 Å². The molecular weight excluding hydrogens is 512 g/mol. The highest BCUT2D eigenvalue weighted by molar-refractivity contribution is 8.26. The molecule has 0 bridgehead atoms. The third kappa shape index (κ3) is 6.78. The van der Waals surface area contributed by atoms with E-state index in [4.69, 9.17) is 28.6 Å². The number of thiocarbonyl (C=S) groups is 1. The van der Waals surface area contributed by atoms with Crippen molar-refractivity contribution in [2.24, 2.45) is 0 Å². The van der Waals surface area contributed by atoms with Crippen LogP contribution in [0.2, 0.25) is 0 Å². The van der Waals surface area contributed by atoms with Gasteiger partial charge in [0.1, 0.15) is 15.1 Å². The summed E-state index contributed by atoms with van der Waals surface area (Å²) in [7, 11) is 0. The normalized spacial score (nSPS) is 18.0. The van der Waals surface area contributed by atoms with Crippen LogP contribution in [0.4, 0.5) is 5.13 Å². The van der Waals surface area contributed by atoms with Crippen LogP contribution < -0.4 is 10.1 Å². The van der Waals surface area contributed by atoms with Gasteiger partial charge in [-0.2, -0.15) is 0 Å². The average Bonchev–Trinajstić information content (AvgIpc) is 3.40. The molecule has 7 nitrogen and oxygen atoms in total. The fraction of sp³-hybridized carbons (Fsp3) is 0.435. The van der Waals surface area contributed by atoms with Crippen molar-refractivity contribution < 1.29 is 14.3 Å². The van der Waals surface area contributed by atoms with Gasteiger partial charge in [-0.05, 0) is 55.9 Å². The van der Waals surface area contributed by atoms with E-state index in [0.717, 1.165) is 24.2 Å². The van der Waals surface area contributed by atoms with E-state index in [-0.39, 0.29) is 24.1 Å². The Bertz CT molecular complexity index is 1070. The van der Waals surface area contributed by atoms with Gasteiger partial charge in [0.2, 0.25) is 11.0 Å². The number of amides is 2. The van der Waals surface area contributed by atoms with E-state index >= 15 is 0 Å². The molecule has 2 aromatic rings. The molecule has 180 valence electrons. The van der Waals surface area contributed by atoms with E-state index in [1.54, 1.807) is 4.90 Å². The van der Waals surface area contributed by atoms with E-state index in [2.05, 4.69) is 15.5 Å². The second-order valence-corrected chi connectivity index (χ2v) is 11.1. The number of hydrogen-bond acceptors (Lipinski definition) is 8. The number of aromatic nitrogens is 2. The first-order chi connectivity index (χ1) is 16.5. The van der Waals surface area contributed by atoms with Gasteiger partial charge in [0, 0.05) is 13.0 Å². The van der Waals surface area contributed by atoms with Crippen LogP contribution in [0, 0.1) is 0 Å². The van der Waals surface area contributed by atoms with E-state index in [9.17, 15) is 9.59 Å². The van der Waals surface area contributed by atoms with Crippen LogP contribution in [0.25, 0.3) is 6.08 Å². The Morgan fingerprint density at radius 1 is 1.24 bits per heavy atom. The third-order valence-electron chi connectivity index (χ3n) is 5.52. The second-order valence-electron chi connectivity index (χ2n) is 8.07. The Kier molecular flexibility index (Phi) is 8.93. The van der Waals surface area contributed by atoms with Crippen molar-refractivity contribution in [1.29, 1.82) is 0 Å². The molecule has 0 radical (unpaired) electrons. The maximum atomic E-state index is 12.8. The molecule has 34 heavy (non-hydrogen) atoms. The Morgan fingerprint density at radius 3 is 2.71 bits per heavy atom. The van der Waals surface area contributed by atoms with Crippen LogP contribution in [-0.4, -0.2) is 43.9 Å². The number of nitrogens with one attached hydrogen (secondary N) is 1. The molecular formula is C23H25ClN4O3S3. The Balaban J connectivity index is 1.26. The molecule has 4 rings (SSSR count). The average molecular weight is 537 g/mol. The van der Waals surface area contributed by atoms with Gasteiger partial charge in [-0.3, -0.25) is 14.5 Å². The standard InChI is InChI=1S/C23H25ClN4O3S3/c24-14-20-26-27-22(34-20)25-19(29)7-4-12-28-21(30)18(33-23(28)32)13-15-8-10-17(11-9-15)31-16-5-2-1-3-6-16/h8-11,13,16H,1-7,12,14H2,(H,25,27,29)/b18-13-. The minimum Gasteiger partial charge on any atom is -0.490 e. The molecule has 2 heterocycles. The largest absolute Gasteiger partial charge is 0.490 e. The molecule has 1 aliphatic carbocycles. The molecule has 0 atom stereocenters. The lowest BCUT2D eigenvalue weighted by Crippen LogP contribution is -2.29. The summed E-state index contributed by atoms with van der Waals surface area (Å²) >= 11 is 13.6. The van der Waals surface area contributed by atoms with Crippen molar-refractivity contribution in [3.8, 4) is 5.75 Å².